The maximum atomic E-state index is 11.8. The van der Waals surface area contributed by atoms with Crippen LogP contribution in [0.1, 0.15) is 5.56 Å². The second-order valence-electron chi connectivity index (χ2n) is 3.69. The van der Waals surface area contributed by atoms with Crippen LogP contribution in [0, 0.1) is 0 Å². The fraction of sp³-hybridized carbons (Fsp3) is 0.0833. The van der Waals surface area contributed by atoms with Gasteiger partial charge in [-0.1, -0.05) is 28.1 Å². The smallest absolute Gasteiger partial charge is 0.293 e. The average molecular weight is 341 g/mol. The Kier molecular flexibility index (Phi) is 4.06. The molecule has 1 aromatic rings. The minimum atomic E-state index is -1.47. The van der Waals surface area contributed by atoms with Gasteiger partial charge in [0.1, 0.15) is 0 Å². The van der Waals surface area contributed by atoms with Crippen molar-refractivity contribution in [1.82, 2.24) is 4.90 Å². The van der Waals surface area contributed by atoms with E-state index in [9.17, 15) is 19.5 Å². The summed E-state index contributed by atoms with van der Waals surface area (Å²) in [6.45, 7) is -0.720. The van der Waals surface area contributed by atoms with Gasteiger partial charge in [-0.2, -0.15) is 0 Å². The van der Waals surface area contributed by atoms with Gasteiger partial charge in [0.15, 0.2) is 0 Å². The van der Waals surface area contributed by atoms with Crippen molar-refractivity contribution in [2.45, 2.75) is 0 Å². The van der Waals surface area contributed by atoms with Gasteiger partial charge < -0.3 is 9.90 Å². The van der Waals surface area contributed by atoms with Crippen molar-refractivity contribution in [3.05, 3.63) is 39.2 Å². The second-order valence-corrected chi connectivity index (χ2v) is 5.60. The fourth-order valence-electron chi connectivity index (χ4n) is 1.48. The number of carboxylic acids is 1. The van der Waals surface area contributed by atoms with Gasteiger partial charge in [-0.25, -0.2) is 0 Å². The molecule has 19 heavy (non-hydrogen) atoms. The summed E-state index contributed by atoms with van der Waals surface area (Å²) in [6, 6.07) is 7.15. The number of hydrogen-bond donors (Lipinski definition) is 0. The van der Waals surface area contributed by atoms with Crippen LogP contribution in [0.5, 0.6) is 0 Å². The topological polar surface area (TPSA) is 77.5 Å². The minimum absolute atomic E-state index is 0.202. The molecule has 0 aliphatic carbocycles. The molecule has 1 fully saturated rings. The van der Waals surface area contributed by atoms with Crippen molar-refractivity contribution in [3.63, 3.8) is 0 Å². The van der Waals surface area contributed by atoms with Gasteiger partial charge >= 0.3 is 0 Å². The molecule has 1 aromatic carbocycles. The first-order chi connectivity index (χ1) is 8.97. The SMILES string of the molecule is O=C([O-])CN1C(=O)S/C(=C\c2ccc(Br)cc2)C1=O. The van der Waals surface area contributed by atoms with Crippen LogP contribution in [-0.4, -0.2) is 28.6 Å². The monoisotopic (exact) mass is 340 g/mol. The van der Waals surface area contributed by atoms with E-state index in [0.717, 1.165) is 21.8 Å². The van der Waals surface area contributed by atoms with Gasteiger partial charge in [0.05, 0.1) is 17.4 Å². The van der Waals surface area contributed by atoms with E-state index in [1.165, 1.54) is 0 Å². The minimum Gasteiger partial charge on any atom is -0.548 e. The molecule has 98 valence electrons. The van der Waals surface area contributed by atoms with Gasteiger partial charge in [-0.3, -0.25) is 14.5 Å². The quantitative estimate of drug-likeness (QED) is 0.773. The first-order valence-electron chi connectivity index (χ1n) is 5.18. The van der Waals surface area contributed by atoms with Crippen molar-refractivity contribution in [2.75, 3.05) is 6.54 Å². The maximum Gasteiger partial charge on any atom is 0.293 e. The molecule has 0 radical (unpaired) electrons. The van der Waals surface area contributed by atoms with E-state index in [1.54, 1.807) is 30.3 Å². The van der Waals surface area contributed by atoms with Gasteiger partial charge in [0.25, 0.3) is 11.1 Å². The molecule has 5 nitrogen and oxygen atoms in total. The molecule has 0 bridgehead atoms. The highest BCUT2D eigenvalue weighted by Crippen LogP contribution is 2.31. The lowest BCUT2D eigenvalue weighted by atomic mass is 10.2. The highest BCUT2D eigenvalue weighted by atomic mass is 79.9. The Labute approximate surface area is 121 Å². The highest BCUT2D eigenvalue weighted by Gasteiger charge is 2.34. The summed E-state index contributed by atoms with van der Waals surface area (Å²) in [4.78, 5) is 34.7. The van der Waals surface area contributed by atoms with E-state index >= 15 is 0 Å². The zero-order valence-electron chi connectivity index (χ0n) is 9.46. The third-order valence-electron chi connectivity index (χ3n) is 2.33. The first-order valence-corrected chi connectivity index (χ1v) is 6.79. The number of thioether (sulfide) groups is 1. The van der Waals surface area contributed by atoms with Crippen molar-refractivity contribution in [1.29, 1.82) is 0 Å². The van der Waals surface area contributed by atoms with Gasteiger partial charge in [-0.05, 0) is 35.5 Å². The summed E-state index contributed by atoms with van der Waals surface area (Å²) in [5, 5.41) is 9.86. The van der Waals surface area contributed by atoms with Crippen LogP contribution in [0.2, 0.25) is 0 Å². The Morgan fingerprint density at radius 2 is 1.95 bits per heavy atom. The van der Waals surface area contributed by atoms with Gasteiger partial charge in [0.2, 0.25) is 0 Å². The van der Waals surface area contributed by atoms with Crippen LogP contribution in [0.3, 0.4) is 0 Å². The molecule has 7 heteroatoms. The van der Waals surface area contributed by atoms with Gasteiger partial charge in [0, 0.05) is 4.47 Å². The number of nitrogens with zero attached hydrogens (tertiary/aromatic N) is 1. The second kappa shape index (κ2) is 5.58. The number of carbonyl (C=O) groups is 3. The van der Waals surface area contributed by atoms with Crippen molar-refractivity contribution >= 4 is 50.9 Å². The van der Waals surface area contributed by atoms with E-state index in [2.05, 4.69) is 15.9 Å². The van der Waals surface area contributed by atoms with Crippen LogP contribution in [0.15, 0.2) is 33.6 Å². The molecule has 1 aliphatic rings. The number of benzene rings is 1. The van der Waals surface area contributed by atoms with Crippen LogP contribution < -0.4 is 5.11 Å². The molecule has 1 saturated heterocycles. The van der Waals surface area contributed by atoms with Crippen LogP contribution in [-0.2, 0) is 9.59 Å². The summed E-state index contributed by atoms with van der Waals surface area (Å²) >= 11 is 4.01. The Hall–Kier alpha value is -1.60. The third kappa shape index (κ3) is 3.24. The molecule has 0 aromatic heterocycles. The molecule has 1 aliphatic heterocycles. The predicted octanol–water partition coefficient (Wildman–Crippen LogP) is 1.24. The van der Waals surface area contributed by atoms with E-state index in [-0.39, 0.29) is 4.91 Å². The molecule has 0 N–H and O–H groups in total. The molecule has 0 unspecified atom stereocenters. The lowest BCUT2D eigenvalue weighted by Gasteiger charge is -2.12. The summed E-state index contributed by atoms with van der Waals surface area (Å²) in [6.07, 6.45) is 1.55. The summed E-state index contributed by atoms with van der Waals surface area (Å²) in [5.74, 6) is -2.07. The van der Waals surface area contributed by atoms with Crippen LogP contribution in [0.4, 0.5) is 4.79 Å². The molecular weight excluding hydrogens is 334 g/mol. The maximum absolute atomic E-state index is 11.8. The Balaban J connectivity index is 2.23. The normalized spacial score (nSPS) is 17.3. The molecule has 2 rings (SSSR count). The third-order valence-corrected chi connectivity index (χ3v) is 3.76. The summed E-state index contributed by atoms with van der Waals surface area (Å²) in [5.41, 5.74) is 0.752. The van der Waals surface area contributed by atoms with E-state index in [1.807, 2.05) is 0 Å². The zero-order valence-corrected chi connectivity index (χ0v) is 11.9. The van der Waals surface area contributed by atoms with Crippen LogP contribution >= 0.6 is 27.7 Å². The molecule has 0 atom stereocenters. The number of carboxylic acid groups (broad SMARTS) is 1. The summed E-state index contributed by atoms with van der Waals surface area (Å²) in [7, 11) is 0. The van der Waals surface area contributed by atoms with Gasteiger partial charge in [-0.15, -0.1) is 0 Å². The number of rotatable bonds is 3. The average Bonchev–Trinajstić information content (AvgIpc) is 2.60. The van der Waals surface area contributed by atoms with Crippen molar-refractivity contribution < 1.29 is 19.5 Å². The highest BCUT2D eigenvalue weighted by molar-refractivity contribution is 9.10. The lowest BCUT2D eigenvalue weighted by molar-refractivity contribution is -0.305. The number of carbonyl (C=O) groups excluding carboxylic acids is 3. The van der Waals surface area contributed by atoms with Crippen molar-refractivity contribution in [3.8, 4) is 0 Å². The molecule has 1 heterocycles. The Morgan fingerprint density at radius 1 is 1.32 bits per heavy atom. The first kappa shape index (κ1) is 13.8. The Bertz CT molecular complexity index is 582. The predicted molar refractivity (Wildman–Crippen MR) is 71.8 cm³/mol. The fourth-order valence-corrected chi connectivity index (χ4v) is 2.58. The number of amides is 2. The lowest BCUT2D eigenvalue weighted by Crippen LogP contribution is -2.40. The summed E-state index contributed by atoms with van der Waals surface area (Å²) < 4.78 is 0.898. The largest absolute Gasteiger partial charge is 0.548 e. The number of aliphatic carboxylic acids is 1. The number of imide groups is 1. The standard InChI is InChI=1S/C12H8BrNO4S/c13-8-3-1-7(2-4-8)5-9-11(17)14(6-10(15)16)12(18)19-9/h1-5H,6H2,(H,15,16)/p-1/b9-5-. The molecule has 0 saturated carbocycles. The molecule has 0 spiro atoms. The zero-order chi connectivity index (χ0) is 14.0. The molecular formula is C12H7BrNO4S-. The van der Waals surface area contributed by atoms with Crippen LogP contribution in [0.25, 0.3) is 6.08 Å². The van der Waals surface area contributed by atoms with E-state index < -0.39 is 23.7 Å². The number of hydrogen-bond acceptors (Lipinski definition) is 5. The van der Waals surface area contributed by atoms with E-state index in [0.29, 0.717) is 4.90 Å². The number of halogens is 1. The van der Waals surface area contributed by atoms with Crippen molar-refractivity contribution in [2.24, 2.45) is 0 Å². The Morgan fingerprint density at radius 3 is 2.53 bits per heavy atom. The molecule has 2 amide bonds. The van der Waals surface area contributed by atoms with E-state index in [4.69, 9.17) is 0 Å².